The summed E-state index contributed by atoms with van der Waals surface area (Å²) in [5.74, 6) is 3.59. The number of fused-ring (bicyclic) bond motifs is 4. The van der Waals surface area contributed by atoms with Crippen LogP contribution in [0.25, 0.3) is 0 Å². The van der Waals surface area contributed by atoms with E-state index < -0.39 is 0 Å². The number of nitrogens with zero attached hydrogens (tertiary/aromatic N) is 1. The van der Waals surface area contributed by atoms with Crippen molar-refractivity contribution in [3.63, 3.8) is 0 Å². The van der Waals surface area contributed by atoms with E-state index in [9.17, 15) is 9.59 Å². The van der Waals surface area contributed by atoms with E-state index in [1.54, 1.807) is 6.20 Å². The van der Waals surface area contributed by atoms with Crippen LogP contribution in [0.3, 0.4) is 0 Å². The molecule has 0 saturated heterocycles. The van der Waals surface area contributed by atoms with E-state index in [-0.39, 0.29) is 29.6 Å². The minimum absolute atomic E-state index is 0.0235. The van der Waals surface area contributed by atoms with Crippen molar-refractivity contribution in [3.8, 4) is 17.2 Å². The molecule has 1 aliphatic carbocycles. The number of nitrogens with one attached hydrogen (secondary N) is 1. The molecule has 2 aromatic carbocycles. The first-order valence-corrected chi connectivity index (χ1v) is 11.4. The van der Waals surface area contributed by atoms with Crippen LogP contribution in [0.15, 0.2) is 54.7 Å². The number of anilines is 1. The summed E-state index contributed by atoms with van der Waals surface area (Å²) in [6.45, 7) is 2.04. The SMILES string of the molecule is Cc1ccccc1CC(=O)C[C@@H]1[C@H]2Oc3ccc(Oc4ccnc5c4CCC(=O)N5)cc3[C@@H]12. The molecule has 0 bridgehead atoms. The average molecular weight is 440 g/mol. The zero-order valence-electron chi connectivity index (χ0n) is 18.3. The zero-order chi connectivity index (χ0) is 22.5. The van der Waals surface area contributed by atoms with E-state index in [1.807, 2.05) is 55.5 Å². The molecule has 3 atom stereocenters. The molecule has 1 N–H and O–H groups in total. The van der Waals surface area contributed by atoms with Gasteiger partial charge in [-0.1, -0.05) is 24.3 Å². The number of hydrogen-bond donors (Lipinski definition) is 1. The Morgan fingerprint density at radius 2 is 2.06 bits per heavy atom. The highest BCUT2D eigenvalue weighted by Gasteiger charge is 2.59. The summed E-state index contributed by atoms with van der Waals surface area (Å²) >= 11 is 0. The molecule has 6 rings (SSSR count). The molecule has 166 valence electrons. The Hall–Kier alpha value is -3.67. The molecular formula is C27H24N2O4. The van der Waals surface area contributed by atoms with Crippen molar-refractivity contribution in [2.45, 2.75) is 44.6 Å². The van der Waals surface area contributed by atoms with E-state index in [0.29, 0.717) is 37.3 Å². The van der Waals surface area contributed by atoms with Crippen LogP contribution in [0.4, 0.5) is 5.82 Å². The lowest BCUT2D eigenvalue weighted by atomic mass is 9.99. The second kappa shape index (κ2) is 7.73. The van der Waals surface area contributed by atoms with Crippen LogP contribution < -0.4 is 14.8 Å². The third-order valence-electron chi connectivity index (χ3n) is 6.91. The van der Waals surface area contributed by atoms with Gasteiger partial charge in [-0.3, -0.25) is 9.59 Å². The van der Waals surface area contributed by atoms with Gasteiger partial charge in [0.2, 0.25) is 5.91 Å². The number of benzene rings is 2. The number of hydrogen-bond acceptors (Lipinski definition) is 5. The highest BCUT2D eigenvalue weighted by atomic mass is 16.5. The number of rotatable bonds is 6. The van der Waals surface area contributed by atoms with Crippen LogP contribution >= 0.6 is 0 Å². The third kappa shape index (κ3) is 3.65. The predicted molar refractivity (Wildman–Crippen MR) is 123 cm³/mol. The first-order chi connectivity index (χ1) is 16.1. The topological polar surface area (TPSA) is 77.5 Å². The van der Waals surface area contributed by atoms with Gasteiger partial charge >= 0.3 is 0 Å². The van der Waals surface area contributed by atoms with E-state index in [2.05, 4.69) is 10.3 Å². The Labute approximate surface area is 191 Å². The molecule has 0 radical (unpaired) electrons. The lowest BCUT2D eigenvalue weighted by molar-refractivity contribution is -0.119. The van der Waals surface area contributed by atoms with Crippen LogP contribution in [0, 0.1) is 12.8 Å². The van der Waals surface area contributed by atoms with E-state index in [4.69, 9.17) is 9.47 Å². The van der Waals surface area contributed by atoms with Crippen molar-refractivity contribution >= 4 is 17.5 Å². The van der Waals surface area contributed by atoms with Crippen molar-refractivity contribution in [2.24, 2.45) is 5.92 Å². The highest BCUT2D eigenvalue weighted by molar-refractivity contribution is 5.93. The number of aromatic nitrogens is 1. The monoisotopic (exact) mass is 440 g/mol. The van der Waals surface area contributed by atoms with Gasteiger partial charge in [0.25, 0.3) is 0 Å². The minimum Gasteiger partial charge on any atom is -0.489 e. The van der Waals surface area contributed by atoms with Crippen molar-refractivity contribution in [1.29, 1.82) is 0 Å². The van der Waals surface area contributed by atoms with Gasteiger partial charge < -0.3 is 14.8 Å². The maximum Gasteiger partial charge on any atom is 0.225 e. The number of ether oxygens (including phenoxy) is 2. The molecule has 3 aliphatic rings. The van der Waals surface area contributed by atoms with Crippen LogP contribution in [0.5, 0.6) is 17.2 Å². The van der Waals surface area contributed by atoms with E-state index >= 15 is 0 Å². The Morgan fingerprint density at radius 3 is 2.94 bits per heavy atom. The fourth-order valence-electron chi connectivity index (χ4n) is 5.09. The normalized spacial score (nSPS) is 21.8. The quantitative estimate of drug-likeness (QED) is 0.599. The molecule has 1 amide bonds. The van der Waals surface area contributed by atoms with Crippen LogP contribution in [0.2, 0.25) is 0 Å². The fraction of sp³-hybridized carbons (Fsp3) is 0.296. The maximum absolute atomic E-state index is 12.7. The summed E-state index contributed by atoms with van der Waals surface area (Å²) in [5, 5.41) is 2.80. The van der Waals surface area contributed by atoms with Crippen LogP contribution in [-0.4, -0.2) is 22.8 Å². The second-order valence-corrected chi connectivity index (χ2v) is 9.10. The van der Waals surface area contributed by atoms with Gasteiger partial charge in [-0.25, -0.2) is 4.98 Å². The molecule has 1 saturated carbocycles. The Bertz CT molecular complexity index is 1280. The van der Waals surface area contributed by atoms with Crippen molar-refractivity contribution in [3.05, 3.63) is 77.0 Å². The molecule has 0 unspecified atom stereocenters. The lowest BCUT2D eigenvalue weighted by Crippen LogP contribution is -2.20. The lowest BCUT2D eigenvalue weighted by Gasteiger charge is -2.19. The molecule has 6 nitrogen and oxygen atoms in total. The van der Waals surface area contributed by atoms with Gasteiger partial charge in [-0.05, 0) is 48.7 Å². The number of aryl methyl sites for hydroxylation is 1. The van der Waals surface area contributed by atoms with E-state index in [0.717, 1.165) is 33.8 Å². The Morgan fingerprint density at radius 1 is 1.18 bits per heavy atom. The maximum atomic E-state index is 12.7. The second-order valence-electron chi connectivity index (χ2n) is 9.10. The van der Waals surface area contributed by atoms with Gasteiger partial charge in [0, 0.05) is 48.4 Å². The Balaban J connectivity index is 1.16. The molecule has 3 heterocycles. The standard InChI is InChI=1S/C27H24N2O4/c1-15-4-2-3-5-16(15)12-17(30)13-21-25-20-14-18(6-8-22(20)33-26(21)25)32-23-10-11-28-27-19(23)7-9-24(31)29-27/h2-6,8,10-11,14,21,25-26H,7,9,12-13H2,1H3,(H,28,29,31)/t21-,25-,26+/m0/s1. The number of pyridine rings is 1. The molecule has 3 aromatic rings. The summed E-state index contributed by atoms with van der Waals surface area (Å²) in [7, 11) is 0. The van der Waals surface area contributed by atoms with Crippen molar-refractivity contribution in [1.82, 2.24) is 4.98 Å². The fourth-order valence-corrected chi connectivity index (χ4v) is 5.09. The van der Waals surface area contributed by atoms with Crippen LogP contribution in [0.1, 0.15) is 41.0 Å². The minimum atomic E-state index is -0.0235. The molecule has 1 aromatic heterocycles. The largest absolute Gasteiger partial charge is 0.489 e. The molecular weight excluding hydrogens is 416 g/mol. The highest BCUT2D eigenvalue weighted by Crippen LogP contribution is 2.60. The molecule has 2 aliphatic heterocycles. The first-order valence-electron chi connectivity index (χ1n) is 11.4. The van der Waals surface area contributed by atoms with Gasteiger partial charge in [0.05, 0.1) is 0 Å². The number of amides is 1. The van der Waals surface area contributed by atoms with Gasteiger partial charge in [-0.15, -0.1) is 0 Å². The van der Waals surface area contributed by atoms with Gasteiger partial charge in [-0.2, -0.15) is 0 Å². The number of ketones is 1. The van der Waals surface area contributed by atoms with Crippen molar-refractivity contribution < 1.29 is 19.1 Å². The smallest absolute Gasteiger partial charge is 0.225 e. The van der Waals surface area contributed by atoms with Gasteiger partial charge in [0.1, 0.15) is 35.0 Å². The summed E-state index contributed by atoms with van der Waals surface area (Å²) < 4.78 is 12.3. The summed E-state index contributed by atoms with van der Waals surface area (Å²) in [6, 6.07) is 15.7. The third-order valence-corrected chi connectivity index (χ3v) is 6.91. The number of carbonyl (C=O) groups excluding carboxylic acids is 2. The summed E-state index contributed by atoms with van der Waals surface area (Å²) in [5.41, 5.74) is 4.28. The number of Topliss-reactive ketones (excluding diaryl/α,β-unsaturated/α-hetero) is 1. The van der Waals surface area contributed by atoms with E-state index in [1.165, 1.54) is 0 Å². The zero-order valence-corrected chi connectivity index (χ0v) is 18.3. The molecule has 33 heavy (non-hydrogen) atoms. The summed E-state index contributed by atoms with van der Waals surface area (Å²) in [4.78, 5) is 28.6. The first kappa shape index (κ1) is 20.0. The van der Waals surface area contributed by atoms with Crippen LogP contribution in [-0.2, 0) is 22.4 Å². The average Bonchev–Trinajstić information content (AvgIpc) is 3.31. The number of carbonyl (C=O) groups is 2. The Kier molecular flexibility index (Phi) is 4.68. The summed E-state index contributed by atoms with van der Waals surface area (Å²) in [6.07, 6.45) is 3.76. The molecule has 0 spiro atoms. The van der Waals surface area contributed by atoms with Crippen molar-refractivity contribution in [2.75, 3.05) is 5.32 Å². The van der Waals surface area contributed by atoms with Gasteiger partial charge in [0.15, 0.2) is 0 Å². The molecule has 6 heteroatoms. The molecule has 1 fully saturated rings. The predicted octanol–water partition coefficient (Wildman–Crippen LogP) is 4.74.